The molecule has 9 heteroatoms. The van der Waals surface area contributed by atoms with Crippen molar-refractivity contribution >= 4 is 33.3 Å². The molecule has 0 aromatic heterocycles. The van der Waals surface area contributed by atoms with Crippen LogP contribution in [-0.2, 0) is 19.6 Å². The van der Waals surface area contributed by atoms with Crippen molar-refractivity contribution in [1.82, 2.24) is 0 Å². The van der Waals surface area contributed by atoms with E-state index in [2.05, 4.69) is 10.1 Å². The summed E-state index contributed by atoms with van der Waals surface area (Å²) in [4.78, 5) is 24.7. The average molecular weight is 422 g/mol. The Morgan fingerprint density at radius 3 is 2.31 bits per heavy atom. The van der Waals surface area contributed by atoms with Crippen molar-refractivity contribution < 1.29 is 27.1 Å². The van der Waals surface area contributed by atoms with Crippen LogP contribution < -0.4 is 9.62 Å². The Hall–Kier alpha value is -2.94. The van der Waals surface area contributed by atoms with Gasteiger partial charge >= 0.3 is 5.97 Å². The molecule has 0 aliphatic rings. The third kappa shape index (κ3) is 5.32. The van der Waals surface area contributed by atoms with Crippen molar-refractivity contribution in [3.8, 4) is 0 Å². The van der Waals surface area contributed by atoms with E-state index in [1.165, 1.54) is 25.3 Å². The van der Waals surface area contributed by atoms with Crippen LogP contribution in [0.25, 0.3) is 0 Å². The Labute approximate surface area is 169 Å². The van der Waals surface area contributed by atoms with E-state index in [0.29, 0.717) is 11.3 Å². The van der Waals surface area contributed by atoms with Gasteiger partial charge in [0.15, 0.2) is 0 Å². The standard InChI is InChI=1S/C20H23FN2O5S/c1-5-18(23(29(4,26)27)16-10-8-15(21)9-11-16)19(24)22-17-12-14(20(25)28-3)7-6-13(17)2/h6-12,18H,5H2,1-4H3,(H,22,24). The number of hydrogen-bond acceptors (Lipinski definition) is 5. The highest BCUT2D eigenvalue weighted by atomic mass is 32.2. The summed E-state index contributed by atoms with van der Waals surface area (Å²) in [5.74, 6) is -1.65. The fourth-order valence-electron chi connectivity index (χ4n) is 2.87. The van der Waals surface area contributed by atoms with Gasteiger partial charge in [0.2, 0.25) is 15.9 Å². The number of hydrogen-bond donors (Lipinski definition) is 1. The Morgan fingerprint density at radius 2 is 1.79 bits per heavy atom. The highest BCUT2D eigenvalue weighted by molar-refractivity contribution is 7.92. The summed E-state index contributed by atoms with van der Waals surface area (Å²) in [5, 5.41) is 2.69. The fourth-order valence-corrected chi connectivity index (χ4v) is 4.08. The molecular weight excluding hydrogens is 399 g/mol. The minimum absolute atomic E-state index is 0.173. The molecule has 0 saturated carbocycles. The molecule has 0 aliphatic heterocycles. The number of sulfonamides is 1. The summed E-state index contributed by atoms with van der Waals surface area (Å²) in [6, 6.07) is 8.47. The number of aryl methyl sites for hydroxylation is 1. The second kappa shape index (κ2) is 9.04. The van der Waals surface area contributed by atoms with Gasteiger partial charge in [-0.3, -0.25) is 9.10 Å². The number of amides is 1. The first-order valence-corrected chi connectivity index (χ1v) is 10.7. The number of methoxy groups -OCH3 is 1. The van der Waals surface area contributed by atoms with Gasteiger partial charge in [-0.15, -0.1) is 0 Å². The Kier molecular flexibility index (Phi) is 6.97. The normalized spacial score (nSPS) is 12.2. The molecule has 0 bridgehead atoms. The molecule has 1 amide bonds. The maximum atomic E-state index is 13.3. The van der Waals surface area contributed by atoms with Crippen LogP contribution in [0.2, 0.25) is 0 Å². The van der Waals surface area contributed by atoms with Crippen molar-refractivity contribution in [3.63, 3.8) is 0 Å². The number of ether oxygens (including phenoxy) is 1. The average Bonchev–Trinajstić information content (AvgIpc) is 2.67. The molecule has 0 radical (unpaired) electrons. The van der Waals surface area contributed by atoms with E-state index < -0.39 is 33.8 Å². The van der Waals surface area contributed by atoms with Crippen molar-refractivity contribution in [3.05, 3.63) is 59.4 Å². The molecule has 29 heavy (non-hydrogen) atoms. The number of esters is 1. The maximum Gasteiger partial charge on any atom is 0.337 e. The van der Waals surface area contributed by atoms with E-state index in [4.69, 9.17) is 0 Å². The fraction of sp³-hybridized carbons (Fsp3) is 0.300. The van der Waals surface area contributed by atoms with Crippen LogP contribution in [-0.4, -0.2) is 39.7 Å². The molecule has 7 nitrogen and oxygen atoms in total. The number of nitrogens with zero attached hydrogens (tertiary/aromatic N) is 1. The molecule has 156 valence electrons. The van der Waals surface area contributed by atoms with Gasteiger partial charge in [-0.25, -0.2) is 17.6 Å². The van der Waals surface area contributed by atoms with Crippen LogP contribution in [0, 0.1) is 12.7 Å². The quantitative estimate of drug-likeness (QED) is 0.692. The second-order valence-corrected chi connectivity index (χ2v) is 8.33. The van der Waals surface area contributed by atoms with E-state index >= 15 is 0 Å². The molecule has 0 heterocycles. The first kappa shape index (κ1) is 22.4. The summed E-state index contributed by atoms with van der Waals surface area (Å²) in [5.41, 5.74) is 1.48. The molecule has 0 spiro atoms. The predicted octanol–water partition coefficient (Wildman–Crippen LogP) is 3.10. The van der Waals surface area contributed by atoms with E-state index in [1.54, 1.807) is 26.0 Å². The SMILES string of the molecule is CCC(C(=O)Nc1cc(C(=O)OC)ccc1C)N(c1ccc(F)cc1)S(C)(=O)=O. The molecule has 0 saturated heterocycles. The first-order valence-electron chi connectivity index (χ1n) is 8.83. The monoisotopic (exact) mass is 422 g/mol. The van der Waals surface area contributed by atoms with Gasteiger partial charge in [0.25, 0.3) is 0 Å². The molecule has 1 atom stereocenters. The highest BCUT2D eigenvalue weighted by Gasteiger charge is 2.31. The van der Waals surface area contributed by atoms with Crippen LogP contribution in [0.3, 0.4) is 0 Å². The number of nitrogens with one attached hydrogen (secondary N) is 1. The lowest BCUT2D eigenvalue weighted by Gasteiger charge is -2.30. The lowest BCUT2D eigenvalue weighted by atomic mass is 10.1. The van der Waals surface area contributed by atoms with Crippen LogP contribution in [0.5, 0.6) is 0 Å². The Morgan fingerprint density at radius 1 is 1.17 bits per heavy atom. The van der Waals surface area contributed by atoms with Gasteiger partial charge < -0.3 is 10.1 Å². The molecule has 1 N–H and O–H groups in total. The van der Waals surface area contributed by atoms with Crippen molar-refractivity contribution in [2.75, 3.05) is 23.0 Å². The Bertz CT molecular complexity index is 1010. The lowest BCUT2D eigenvalue weighted by Crippen LogP contribution is -2.47. The molecule has 0 aliphatic carbocycles. The minimum Gasteiger partial charge on any atom is -0.465 e. The maximum absolute atomic E-state index is 13.3. The molecule has 1 unspecified atom stereocenters. The third-order valence-electron chi connectivity index (χ3n) is 4.33. The number of anilines is 2. The zero-order valence-corrected chi connectivity index (χ0v) is 17.4. The van der Waals surface area contributed by atoms with Gasteiger partial charge in [0.1, 0.15) is 11.9 Å². The molecule has 2 rings (SSSR count). The predicted molar refractivity (Wildman–Crippen MR) is 109 cm³/mol. The summed E-state index contributed by atoms with van der Waals surface area (Å²) in [6.07, 6.45) is 1.15. The van der Waals surface area contributed by atoms with Crippen LogP contribution >= 0.6 is 0 Å². The summed E-state index contributed by atoms with van der Waals surface area (Å²) in [6.45, 7) is 3.41. The third-order valence-corrected chi connectivity index (χ3v) is 5.51. The van der Waals surface area contributed by atoms with Crippen LogP contribution in [0.15, 0.2) is 42.5 Å². The summed E-state index contributed by atoms with van der Waals surface area (Å²) >= 11 is 0. The molecule has 2 aromatic carbocycles. The van der Waals surface area contributed by atoms with E-state index in [1.807, 2.05) is 0 Å². The van der Waals surface area contributed by atoms with Gasteiger partial charge in [-0.05, 0) is 55.3 Å². The van der Waals surface area contributed by atoms with Gasteiger partial charge in [-0.1, -0.05) is 13.0 Å². The van der Waals surface area contributed by atoms with Gasteiger partial charge in [0.05, 0.1) is 24.6 Å². The molecular formula is C20H23FN2O5S. The smallest absolute Gasteiger partial charge is 0.337 e. The number of carbonyl (C=O) groups excluding carboxylic acids is 2. The largest absolute Gasteiger partial charge is 0.465 e. The highest BCUT2D eigenvalue weighted by Crippen LogP contribution is 2.25. The number of benzene rings is 2. The van der Waals surface area contributed by atoms with Crippen LogP contribution in [0.1, 0.15) is 29.3 Å². The first-order chi connectivity index (χ1) is 13.6. The summed E-state index contributed by atoms with van der Waals surface area (Å²) in [7, 11) is -2.59. The summed E-state index contributed by atoms with van der Waals surface area (Å²) < 4.78 is 43.7. The van der Waals surface area contributed by atoms with Crippen molar-refractivity contribution in [1.29, 1.82) is 0 Å². The van der Waals surface area contributed by atoms with Gasteiger partial charge in [0, 0.05) is 5.69 Å². The van der Waals surface area contributed by atoms with Crippen LogP contribution in [0.4, 0.5) is 15.8 Å². The van der Waals surface area contributed by atoms with E-state index in [9.17, 15) is 22.4 Å². The van der Waals surface area contributed by atoms with Gasteiger partial charge in [-0.2, -0.15) is 0 Å². The van der Waals surface area contributed by atoms with E-state index in [-0.39, 0.29) is 17.7 Å². The Balaban J connectivity index is 2.40. The van der Waals surface area contributed by atoms with Crippen molar-refractivity contribution in [2.24, 2.45) is 0 Å². The number of rotatable bonds is 7. The topological polar surface area (TPSA) is 92.8 Å². The molecule has 2 aromatic rings. The number of halogens is 1. The van der Waals surface area contributed by atoms with E-state index in [0.717, 1.165) is 22.7 Å². The zero-order valence-electron chi connectivity index (χ0n) is 16.6. The zero-order chi connectivity index (χ0) is 21.8. The van der Waals surface area contributed by atoms with Crippen molar-refractivity contribution in [2.45, 2.75) is 26.3 Å². The molecule has 0 fully saturated rings. The second-order valence-electron chi connectivity index (χ2n) is 6.47. The minimum atomic E-state index is -3.84. The lowest BCUT2D eigenvalue weighted by molar-refractivity contribution is -0.117. The number of carbonyl (C=O) groups is 2.